The van der Waals surface area contributed by atoms with Gasteiger partial charge >= 0.3 is 0 Å². The highest BCUT2D eigenvalue weighted by molar-refractivity contribution is 5.41. The lowest BCUT2D eigenvalue weighted by atomic mass is 10.1. The molecule has 0 atom stereocenters. The Kier molecular flexibility index (Phi) is 5.17. The zero-order valence-corrected chi connectivity index (χ0v) is 12.3. The first kappa shape index (κ1) is 15.3. The summed E-state index contributed by atoms with van der Waals surface area (Å²) >= 11 is 0. The molecule has 4 heteroatoms. The molecule has 0 amide bonds. The van der Waals surface area contributed by atoms with Crippen LogP contribution in [0.15, 0.2) is 36.4 Å². The minimum Gasteiger partial charge on any atom is -0.504 e. The second-order valence-corrected chi connectivity index (χ2v) is 5.00. The summed E-state index contributed by atoms with van der Waals surface area (Å²) in [5, 5.41) is 13.0. The molecule has 0 aromatic heterocycles. The number of halogens is 1. The number of benzene rings is 2. The molecule has 21 heavy (non-hydrogen) atoms. The third kappa shape index (κ3) is 4.20. The summed E-state index contributed by atoms with van der Waals surface area (Å²) in [5.41, 5.74) is 3.10. The van der Waals surface area contributed by atoms with Crippen LogP contribution in [0, 0.1) is 12.7 Å². The van der Waals surface area contributed by atoms with Crippen LogP contribution in [0.3, 0.4) is 0 Å². The van der Waals surface area contributed by atoms with E-state index in [0.29, 0.717) is 12.3 Å². The van der Waals surface area contributed by atoms with Crippen LogP contribution in [-0.2, 0) is 13.0 Å². The van der Waals surface area contributed by atoms with Crippen LogP contribution in [0.25, 0.3) is 0 Å². The largest absolute Gasteiger partial charge is 0.504 e. The fraction of sp³-hybridized carbons (Fsp3) is 0.294. The lowest BCUT2D eigenvalue weighted by Gasteiger charge is -2.09. The Bertz CT molecular complexity index is 614. The monoisotopic (exact) mass is 289 g/mol. The summed E-state index contributed by atoms with van der Waals surface area (Å²) in [4.78, 5) is 0. The predicted molar refractivity (Wildman–Crippen MR) is 81.2 cm³/mol. The van der Waals surface area contributed by atoms with E-state index in [9.17, 15) is 9.50 Å². The van der Waals surface area contributed by atoms with Gasteiger partial charge in [0, 0.05) is 6.54 Å². The van der Waals surface area contributed by atoms with Gasteiger partial charge in [0.2, 0.25) is 0 Å². The SMILES string of the molecule is COc1ccc(CNCCc2ccc(F)cc2C)cc1O. The van der Waals surface area contributed by atoms with Crippen molar-refractivity contribution in [2.75, 3.05) is 13.7 Å². The van der Waals surface area contributed by atoms with Gasteiger partial charge in [0.05, 0.1) is 7.11 Å². The maximum absolute atomic E-state index is 13.0. The number of ether oxygens (including phenoxy) is 1. The van der Waals surface area contributed by atoms with E-state index in [1.54, 1.807) is 18.2 Å². The van der Waals surface area contributed by atoms with Crippen molar-refractivity contribution in [1.29, 1.82) is 0 Å². The van der Waals surface area contributed by atoms with E-state index in [4.69, 9.17) is 4.74 Å². The zero-order valence-electron chi connectivity index (χ0n) is 12.3. The van der Waals surface area contributed by atoms with Gasteiger partial charge < -0.3 is 15.2 Å². The molecule has 2 aromatic rings. The minimum atomic E-state index is -0.196. The number of aromatic hydroxyl groups is 1. The Morgan fingerprint density at radius 1 is 1.19 bits per heavy atom. The van der Waals surface area contributed by atoms with E-state index in [-0.39, 0.29) is 11.6 Å². The molecule has 0 radical (unpaired) electrons. The normalized spacial score (nSPS) is 10.6. The summed E-state index contributed by atoms with van der Waals surface area (Å²) in [6.45, 7) is 3.37. The summed E-state index contributed by atoms with van der Waals surface area (Å²) < 4.78 is 18.0. The molecule has 2 aromatic carbocycles. The first-order valence-electron chi connectivity index (χ1n) is 6.92. The van der Waals surface area contributed by atoms with Crippen LogP contribution in [0.2, 0.25) is 0 Å². The van der Waals surface area contributed by atoms with Gasteiger partial charge in [0.15, 0.2) is 11.5 Å². The number of aryl methyl sites for hydroxylation is 1. The number of hydrogen-bond donors (Lipinski definition) is 2. The van der Waals surface area contributed by atoms with Gasteiger partial charge in [-0.1, -0.05) is 12.1 Å². The molecular formula is C17H20FNO2. The average molecular weight is 289 g/mol. The summed E-state index contributed by atoms with van der Waals surface area (Å²) in [5.74, 6) is 0.421. The molecule has 0 aliphatic rings. The van der Waals surface area contributed by atoms with Gasteiger partial charge in [-0.3, -0.25) is 0 Å². The second-order valence-electron chi connectivity index (χ2n) is 5.00. The molecule has 112 valence electrons. The highest BCUT2D eigenvalue weighted by atomic mass is 19.1. The van der Waals surface area contributed by atoms with Crippen LogP contribution in [0.4, 0.5) is 4.39 Å². The topological polar surface area (TPSA) is 41.5 Å². The van der Waals surface area contributed by atoms with Crippen LogP contribution >= 0.6 is 0 Å². The van der Waals surface area contributed by atoms with Crippen molar-refractivity contribution in [3.05, 3.63) is 58.9 Å². The first-order valence-corrected chi connectivity index (χ1v) is 6.92. The Hall–Kier alpha value is -2.07. The van der Waals surface area contributed by atoms with Crippen molar-refractivity contribution in [1.82, 2.24) is 5.32 Å². The molecule has 0 bridgehead atoms. The minimum absolute atomic E-state index is 0.145. The second kappa shape index (κ2) is 7.09. The number of phenolic OH excluding ortho intramolecular Hbond substituents is 1. The third-order valence-corrected chi connectivity index (χ3v) is 3.45. The zero-order chi connectivity index (χ0) is 15.2. The van der Waals surface area contributed by atoms with E-state index >= 15 is 0 Å². The fourth-order valence-electron chi connectivity index (χ4n) is 2.24. The van der Waals surface area contributed by atoms with Gasteiger partial charge in [-0.25, -0.2) is 4.39 Å². The highest BCUT2D eigenvalue weighted by Gasteiger charge is 2.03. The predicted octanol–water partition coefficient (Wildman–Crippen LogP) is 3.18. The smallest absolute Gasteiger partial charge is 0.160 e. The standard InChI is InChI=1S/C17H20FNO2/c1-12-9-15(18)5-4-14(12)7-8-19-11-13-3-6-17(21-2)16(20)10-13/h3-6,9-10,19-20H,7-8,11H2,1-2H3. The van der Waals surface area contributed by atoms with Crippen molar-refractivity contribution in [3.63, 3.8) is 0 Å². The fourth-order valence-corrected chi connectivity index (χ4v) is 2.24. The van der Waals surface area contributed by atoms with Crippen molar-refractivity contribution in [2.45, 2.75) is 19.9 Å². The molecule has 3 nitrogen and oxygen atoms in total. The number of hydrogen-bond acceptors (Lipinski definition) is 3. The Morgan fingerprint density at radius 3 is 2.67 bits per heavy atom. The van der Waals surface area contributed by atoms with Crippen LogP contribution in [0.1, 0.15) is 16.7 Å². The average Bonchev–Trinajstić information content (AvgIpc) is 2.45. The van der Waals surface area contributed by atoms with Gasteiger partial charge in [0.25, 0.3) is 0 Å². The molecule has 0 aliphatic heterocycles. The van der Waals surface area contributed by atoms with Crippen LogP contribution in [0.5, 0.6) is 11.5 Å². The lowest BCUT2D eigenvalue weighted by Crippen LogP contribution is -2.17. The highest BCUT2D eigenvalue weighted by Crippen LogP contribution is 2.26. The Morgan fingerprint density at radius 2 is 2.00 bits per heavy atom. The first-order chi connectivity index (χ1) is 10.1. The van der Waals surface area contributed by atoms with E-state index < -0.39 is 0 Å². The maximum atomic E-state index is 13.0. The van der Waals surface area contributed by atoms with E-state index in [0.717, 1.165) is 29.7 Å². The number of methoxy groups -OCH3 is 1. The molecule has 0 unspecified atom stereocenters. The van der Waals surface area contributed by atoms with Crippen molar-refractivity contribution in [2.24, 2.45) is 0 Å². The summed E-state index contributed by atoms with van der Waals surface area (Å²) in [6.07, 6.45) is 0.842. The Labute approximate surface area is 124 Å². The van der Waals surface area contributed by atoms with Crippen LogP contribution < -0.4 is 10.1 Å². The van der Waals surface area contributed by atoms with Crippen molar-refractivity contribution < 1.29 is 14.2 Å². The lowest BCUT2D eigenvalue weighted by molar-refractivity contribution is 0.373. The molecule has 0 saturated carbocycles. The molecule has 0 spiro atoms. The summed E-state index contributed by atoms with van der Waals surface area (Å²) in [6, 6.07) is 10.2. The number of rotatable bonds is 6. The third-order valence-electron chi connectivity index (χ3n) is 3.45. The van der Waals surface area contributed by atoms with Gasteiger partial charge in [0.1, 0.15) is 5.82 Å². The van der Waals surface area contributed by atoms with Crippen LogP contribution in [-0.4, -0.2) is 18.8 Å². The molecule has 2 rings (SSSR count). The molecule has 0 heterocycles. The Balaban J connectivity index is 1.83. The summed E-state index contributed by atoms with van der Waals surface area (Å²) in [7, 11) is 1.53. The van der Waals surface area contributed by atoms with E-state index in [1.165, 1.54) is 13.2 Å². The molecule has 0 aliphatic carbocycles. The molecule has 2 N–H and O–H groups in total. The van der Waals surface area contributed by atoms with Gasteiger partial charge in [-0.05, 0) is 60.8 Å². The van der Waals surface area contributed by atoms with Gasteiger partial charge in [-0.2, -0.15) is 0 Å². The quantitative estimate of drug-likeness (QED) is 0.803. The van der Waals surface area contributed by atoms with E-state index in [2.05, 4.69) is 5.32 Å². The molecular weight excluding hydrogens is 269 g/mol. The van der Waals surface area contributed by atoms with Gasteiger partial charge in [-0.15, -0.1) is 0 Å². The number of phenols is 1. The van der Waals surface area contributed by atoms with E-state index in [1.807, 2.05) is 19.1 Å². The number of nitrogens with one attached hydrogen (secondary N) is 1. The maximum Gasteiger partial charge on any atom is 0.160 e. The van der Waals surface area contributed by atoms with Crippen molar-refractivity contribution in [3.8, 4) is 11.5 Å². The molecule has 0 saturated heterocycles. The van der Waals surface area contributed by atoms with Crippen molar-refractivity contribution >= 4 is 0 Å². The molecule has 0 fully saturated rings.